The van der Waals surface area contributed by atoms with Gasteiger partial charge in [0.05, 0.1) is 24.2 Å². The molecule has 0 aliphatic heterocycles. The third kappa shape index (κ3) is 6.34. The van der Waals surface area contributed by atoms with Crippen molar-refractivity contribution >= 4 is 29.1 Å². The highest BCUT2D eigenvalue weighted by atomic mass is 35.5. The van der Waals surface area contributed by atoms with E-state index < -0.39 is 0 Å². The first-order valence-electron chi connectivity index (χ1n) is 8.61. The van der Waals surface area contributed by atoms with Crippen LogP contribution in [0.15, 0.2) is 42.5 Å². The first-order chi connectivity index (χ1) is 12.8. The van der Waals surface area contributed by atoms with Crippen LogP contribution in [0.5, 0.6) is 0 Å². The number of nitrogens with zero attached hydrogens (tertiary/aromatic N) is 1. The Kier molecular flexibility index (Phi) is 7.33. The molecule has 7 heteroatoms. The fourth-order valence-corrected chi connectivity index (χ4v) is 2.83. The zero-order valence-electron chi connectivity index (χ0n) is 15.7. The van der Waals surface area contributed by atoms with Gasteiger partial charge < -0.3 is 15.1 Å². The number of halogens is 2. The summed E-state index contributed by atoms with van der Waals surface area (Å²) < 4.78 is 13.9. The first kappa shape index (κ1) is 20.9. The summed E-state index contributed by atoms with van der Waals surface area (Å²) in [5, 5.41) is 3.10. The van der Waals surface area contributed by atoms with Crippen LogP contribution in [0.3, 0.4) is 0 Å². The van der Waals surface area contributed by atoms with Gasteiger partial charge in [0.2, 0.25) is 5.91 Å². The molecular weight excluding hydrogens is 369 g/mol. The Balaban J connectivity index is 1.85. The smallest absolute Gasteiger partial charge is 0.277 e. The lowest BCUT2D eigenvalue weighted by Gasteiger charge is -2.20. The summed E-state index contributed by atoms with van der Waals surface area (Å²) in [4.78, 5) is 26.6. The lowest BCUT2D eigenvalue weighted by atomic mass is 10.2. The maximum Gasteiger partial charge on any atom is 0.277 e. The fraction of sp³-hybridized carbons (Fsp3) is 0.300. The van der Waals surface area contributed by atoms with E-state index in [1.54, 1.807) is 26.2 Å². The number of rotatable bonds is 7. The van der Waals surface area contributed by atoms with Crippen LogP contribution in [0.1, 0.15) is 11.1 Å². The largest absolute Gasteiger partial charge is 0.332 e. The number of nitrogens with one attached hydrogen (secondary N) is 2. The molecule has 0 bridgehead atoms. The third-order valence-corrected chi connectivity index (χ3v) is 4.49. The van der Waals surface area contributed by atoms with Crippen molar-refractivity contribution in [2.75, 3.05) is 32.5 Å². The number of anilines is 1. The molecule has 2 rings (SSSR count). The van der Waals surface area contributed by atoms with E-state index in [4.69, 9.17) is 11.6 Å². The normalized spacial score (nSPS) is 11.7. The Hall–Kier alpha value is -2.44. The van der Waals surface area contributed by atoms with Gasteiger partial charge >= 0.3 is 0 Å². The lowest BCUT2D eigenvalue weighted by molar-refractivity contribution is -0.885. The summed E-state index contributed by atoms with van der Waals surface area (Å²) in [7, 11) is 3.35. The van der Waals surface area contributed by atoms with Crippen LogP contribution in [0.2, 0.25) is 5.02 Å². The molecular formula is C20H24ClFN3O2+. The summed E-state index contributed by atoms with van der Waals surface area (Å²) in [6, 6.07) is 11.9. The molecule has 2 aromatic rings. The Morgan fingerprint density at radius 3 is 2.48 bits per heavy atom. The van der Waals surface area contributed by atoms with Crippen LogP contribution in [0, 0.1) is 12.7 Å². The van der Waals surface area contributed by atoms with Crippen LogP contribution in [-0.2, 0) is 16.1 Å². The van der Waals surface area contributed by atoms with E-state index in [0.29, 0.717) is 16.3 Å². The highest BCUT2D eigenvalue weighted by Gasteiger charge is 2.19. The Morgan fingerprint density at radius 2 is 1.85 bits per heavy atom. The van der Waals surface area contributed by atoms with Crippen LogP contribution < -0.4 is 10.2 Å². The molecule has 0 aliphatic carbocycles. The second-order valence-electron chi connectivity index (χ2n) is 6.67. The van der Waals surface area contributed by atoms with E-state index in [2.05, 4.69) is 5.32 Å². The molecule has 0 saturated heterocycles. The summed E-state index contributed by atoms with van der Waals surface area (Å²) in [5.41, 5.74) is 2.16. The second-order valence-corrected chi connectivity index (χ2v) is 7.08. The van der Waals surface area contributed by atoms with Gasteiger partial charge in [0.1, 0.15) is 12.4 Å². The van der Waals surface area contributed by atoms with E-state index in [0.717, 1.165) is 10.5 Å². The van der Waals surface area contributed by atoms with Crippen molar-refractivity contribution in [2.45, 2.75) is 13.5 Å². The number of amides is 2. The molecule has 2 amide bonds. The minimum absolute atomic E-state index is 0.0551. The van der Waals surface area contributed by atoms with Gasteiger partial charge in [-0.3, -0.25) is 9.59 Å². The van der Waals surface area contributed by atoms with Crippen molar-refractivity contribution in [3.63, 3.8) is 0 Å². The molecule has 5 nitrogen and oxygen atoms in total. The summed E-state index contributed by atoms with van der Waals surface area (Å²) >= 11 is 6.03. The number of benzene rings is 2. The maximum atomic E-state index is 13.9. The minimum Gasteiger partial charge on any atom is -0.332 e. The summed E-state index contributed by atoms with van der Waals surface area (Å²) in [6.07, 6.45) is 0. The van der Waals surface area contributed by atoms with Crippen LogP contribution in [-0.4, -0.2) is 43.9 Å². The fourth-order valence-electron chi connectivity index (χ4n) is 2.60. The predicted molar refractivity (Wildman–Crippen MR) is 104 cm³/mol. The van der Waals surface area contributed by atoms with Crippen molar-refractivity contribution in [2.24, 2.45) is 0 Å². The van der Waals surface area contributed by atoms with Crippen molar-refractivity contribution in [3.8, 4) is 0 Å². The minimum atomic E-state index is -0.389. The molecule has 2 N–H and O–H groups in total. The number of hydrogen-bond donors (Lipinski definition) is 2. The average molecular weight is 393 g/mol. The van der Waals surface area contributed by atoms with Crippen LogP contribution in [0.25, 0.3) is 0 Å². The number of carbonyl (C=O) groups excluding carboxylic acids is 2. The van der Waals surface area contributed by atoms with E-state index in [9.17, 15) is 14.0 Å². The number of carbonyl (C=O) groups is 2. The Morgan fingerprint density at radius 1 is 1.19 bits per heavy atom. The van der Waals surface area contributed by atoms with Crippen molar-refractivity contribution in [3.05, 3.63) is 64.4 Å². The molecule has 2 aromatic carbocycles. The van der Waals surface area contributed by atoms with Gasteiger partial charge in [-0.2, -0.15) is 0 Å². The summed E-state index contributed by atoms with van der Waals surface area (Å²) in [6.45, 7) is 2.31. The summed E-state index contributed by atoms with van der Waals surface area (Å²) in [5.74, 6) is -0.872. The standard InChI is InChI=1S/C20H23ClFN3O2/c1-14-7-9-15(10-8-14)23-19(26)12-25(3)20(27)13-24(2)11-16-17(21)5-4-6-18(16)22/h4-10H,11-13H2,1-3H3,(H,23,26)/p+1. The molecule has 0 spiro atoms. The van der Waals surface area contributed by atoms with Crippen molar-refractivity contribution in [1.82, 2.24) is 4.90 Å². The number of hydrogen-bond acceptors (Lipinski definition) is 2. The van der Waals surface area contributed by atoms with Gasteiger partial charge in [0.15, 0.2) is 6.54 Å². The zero-order valence-corrected chi connectivity index (χ0v) is 16.4. The van der Waals surface area contributed by atoms with E-state index in [1.807, 2.05) is 31.2 Å². The van der Waals surface area contributed by atoms with Gasteiger partial charge in [-0.05, 0) is 31.2 Å². The molecule has 0 aliphatic rings. The molecule has 1 atom stereocenters. The molecule has 144 valence electrons. The molecule has 0 radical (unpaired) electrons. The predicted octanol–water partition coefficient (Wildman–Crippen LogP) is 1.90. The van der Waals surface area contributed by atoms with Gasteiger partial charge in [-0.1, -0.05) is 35.4 Å². The van der Waals surface area contributed by atoms with E-state index in [1.165, 1.54) is 11.0 Å². The highest BCUT2D eigenvalue weighted by Crippen LogP contribution is 2.17. The maximum absolute atomic E-state index is 13.9. The molecule has 0 saturated carbocycles. The van der Waals surface area contributed by atoms with Crippen LogP contribution >= 0.6 is 11.6 Å². The zero-order chi connectivity index (χ0) is 20.0. The molecule has 0 fully saturated rings. The van der Waals surface area contributed by atoms with E-state index >= 15 is 0 Å². The number of aryl methyl sites for hydroxylation is 1. The Bertz CT molecular complexity index is 791. The van der Waals surface area contributed by atoms with E-state index in [-0.39, 0.29) is 37.3 Å². The van der Waals surface area contributed by atoms with Crippen molar-refractivity contribution < 1.29 is 18.9 Å². The van der Waals surface area contributed by atoms with Gasteiger partial charge in [0, 0.05) is 12.7 Å². The Labute approximate surface area is 163 Å². The third-order valence-electron chi connectivity index (χ3n) is 4.14. The first-order valence-corrected chi connectivity index (χ1v) is 8.98. The lowest BCUT2D eigenvalue weighted by Crippen LogP contribution is -3.09. The molecule has 1 unspecified atom stereocenters. The number of likely N-dealkylation sites (N-methyl/N-ethyl adjacent to an activating group) is 2. The number of quaternary nitrogens is 1. The topological polar surface area (TPSA) is 53.9 Å². The van der Waals surface area contributed by atoms with Gasteiger partial charge in [-0.25, -0.2) is 4.39 Å². The highest BCUT2D eigenvalue weighted by molar-refractivity contribution is 6.31. The van der Waals surface area contributed by atoms with Gasteiger partial charge in [0.25, 0.3) is 5.91 Å². The molecule has 27 heavy (non-hydrogen) atoms. The SMILES string of the molecule is Cc1ccc(NC(=O)CN(C)C(=O)C[NH+](C)Cc2c(F)cccc2Cl)cc1. The van der Waals surface area contributed by atoms with Crippen molar-refractivity contribution in [1.29, 1.82) is 0 Å². The second kappa shape index (κ2) is 9.48. The molecule has 0 aromatic heterocycles. The van der Waals surface area contributed by atoms with Crippen LogP contribution in [0.4, 0.5) is 10.1 Å². The average Bonchev–Trinajstić information content (AvgIpc) is 2.60. The van der Waals surface area contributed by atoms with Gasteiger partial charge in [-0.15, -0.1) is 0 Å². The molecule has 0 heterocycles. The monoisotopic (exact) mass is 392 g/mol. The quantitative estimate of drug-likeness (QED) is 0.756.